The molecule has 158 valence electrons. The smallest absolute Gasteiger partial charge is 0.298 e. The van der Waals surface area contributed by atoms with E-state index in [-0.39, 0.29) is 5.41 Å². The van der Waals surface area contributed by atoms with Gasteiger partial charge >= 0.3 is 0 Å². The molecular formula is C21H22ClN3O4S. The Hall–Kier alpha value is -2.29. The number of methoxy groups -OCH3 is 1. The Kier molecular flexibility index (Phi) is 4.68. The molecule has 0 bridgehead atoms. The molecule has 3 aromatic rings. The van der Waals surface area contributed by atoms with Gasteiger partial charge in [0.2, 0.25) is 10.0 Å². The lowest BCUT2D eigenvalue weighted by atomic mass is 9.72. The third-order valence-electron chi connectivity index (χ3n) is 6.14. The van der Waals surface area contributed by atoms with Crippen molar-refractivity contribution >= 4 is 38.7 Å². The van der Waals surface area contributed by atoms with Gasteiger partial charge < -0.3 is 14.1 Å². The van der Waals surface area contributed by atoms with Gasteiger partial charge in [0.05, 0.1) is 12.0 Å². The number of piperidine rings is 1. The van der Waals surface area contributed by atoms with Crippen LogP contribution in [0.3, 0.4) is 0 Å². The summed E-state index contributed by atoms with van der Waals surface area (Å²) in [5.74, 6) is 0.641. The first-order chi connectivity index (χ1) is 14.4. The van der Waals surface area contributed by atoms with Crippen LogP contribution in [0, 0.1) is 5.41 Å². The Morgan fingerprint density at radius 2 is 1.80 bits per heavy atom. The van der Waals surface area contributed by atoms with E-state index in [0.717, 1.165) is 31.4 Å². The number of oxazole rings is 1. The lowest BCUT2D eigenvalue weighted by Gasteiger charge is -2.53. The Balaban J connectivity index is 1.24. The van der Waals surface area contributed by atoms with E-state index in [0.29, 0.717) is 40.4 Å². The van der Waals surface area contributed by atoms with Gasteiger partial charge in [-0.15, -0.1) is 0 Å². The lowest BCUT2D eigenvalue weighted by Crippen LogP contribution is -2.61. The van der Waals surface area contributed by atoms with Crippen molar-refractivity contribution in [1.82, 2.24) is 9.29 Å². The number of sulfonamides is 1. The molecule has 0 amide bonds. The molecule has 0 N–H and O–H groups in total. The molecule has 2 aromatic carbocycles. The van der Waals surface area contributed by atoms with Crippen LogP contribution in [0.2, 0.25) is 5.02 Å². The van der Waals surface area contributed by atoms with Gasteiger partial charge in [-0.3, -0.25) is 0 Å². The number of aromatic nitrogens is 1. The fourth-order valence-corrected chi connectivity index (χ4v) is 5.94. The highest BCUT2D eigenvalue weighted by Gasteiger charge is 2.48. The Labute approximate surface area is 180 Å². The number of nitrogens with zero attached hydrogens (tertiary/aromatic N) is 3. The fourth-order valence-electron chi connectivity index (χ4n) is 4.33. The number of benzene rings is 2. The molecule has 9 heteroatoms. The van der Waals surface area contributed by atoms with Crippen molar-refractivity contribution in [3.63, 3.8) is 0 Å². The lowest BCUT2D eigenvalue weighted by molar-refractivity contribution is 0.110. The third-order valence-corrected chi connectivity index (χ3v) is 8.29. The van der Waals surface area contributed by atoms with Crippen LogP contribution in [0.4, 0.5) is 6.01 Å². The summed E-state index contributed by atoms with van der Waals surface area (Å²) >= 11 is 6.02. The molecule has 2 saturated heterocycles. The van der Waals surface area contributed by atoms with Crippen LogP contribution in [0.15, 0.2) is 51.8 Å². The van der Waals surface area contributed by atoms with E-state index < -0.39 is 10.0 Å². The number of hydrogen-bond donors (Lipinski definition) is 0. The molecule has 3 heterocycles. The molecule has 2 aliphatic rings. The summed E-state index contributed by atoms with van der Waals surface area (Å²) in [6, 6.07) is 12.6. The van der Waals surface area contributed by atoms with Crippen molar-refractivity contribution in [3.05, 3.63) is 47.5 Å². The van der Waals surface area contributed by atoms with Crippen molar-refractivity contribution < 1.29 is 17.6 Å². The fraction of sp³-hybridized carbons (Fsp3) is 0.381. The summed E-state index contributed by atoms with van der Waals surface area (Å²) in [6.45, 7) is 2.69. The van der Waals surface area contributed by atoms with Crippen molar-refractivity contribution in [3.8, 4) is 5.75 Å². The first-order valence-corrected chi connectivity index (χ1v) is 11.7. The number of halogens is 1. The van der Waals surface area contributed by atoms with Crippen LogP contribution in [0.1, 0.15) is 12.8 Å². The number of anilines is 1. The second kappa shape index (κ2) is 7.14. The highest BCUT2D eigenvalue weighted by atomic mass is 35.5. The Bertz CT molecular complexity index is 1180. The second-order valence-electron chi connectivity index (χ2n) is 8.04. The highest BCUT2D eigenvalue weighted by Crippen LogP contribution is 2.43. The first-order valence-electron chi connectivity index (χ1n) is 9.84. The molecule has 0 unspecified atom stereocenters. The molecule has 30 heavy (non-hydrogen) atoms. The van der Waals surface area contributed by atoms with E-state index >= 15 is 0 Å². The summed E-state index contributed by atoms with van der Waals surface area (Å²) in [5, 5.41) is 0.621. The van der Waals surface area contributed by atoms with E-state index in [2.05, 4.69) is 9.88 Å². The number of rotatable bonds is 4. The highest BCUT2D eigenvalue weighted by molar-refractivity contribution is 7.89. The van der Waals surface area contributed by atoms with E-state index in [1.807, 2.05) is 6.07 Å². The zero-order valence-electron chi connectivity index (χ0n) is 16.5. The van der Waals surface area contributed by atoms with Crippen molar-refractivity contribution in [2.24, 2.45) is 5.41 Å². The minimum Gasteiger partial charge on any atom is -0.497 e. The quantitative estimate of drug-likeness (QED) is 0.605. The van der Waals surface area contributed by atoms with Crippen molar-refractivity contribution in [2.45, 2.75) is 17.7 Å². The van der Waals surface area contributed by atoms with Gasteiger partial charge in [0, 0.05) is 42.7 Å². The molecule has 2 aliphatic heterocycles. The van der Waals surface area contributed by atoms with Gasteiger partial charge in [-0.05, 0) is 49.2 Å². The van der Waals surface area contributed by atoms with Gasteiger partial charge in [0.15, 0.2) is 5.58 Å². The molecule has 1 spiro atoms. The molecule has 0 aliphatic carbocycles. The maximum absolute atomic E-state index is 13.0. The minimum absolute atomic E-state index is 0.115. The summed E-state index contributed by atoms with van der Waals surface area (Å²) < 4.78 is 38.5. The SMILES string of the molecule is COc1ccc(S(=O)(=O)N2CCC3(CC2)CN(c2nc4ccc(Cl)cc4o2)C3)cc1. The normalized spacial score (nSPS) is 19.2. The summed E-state index contributed by atoms with van der Waals surface area (Å²) in [5.41, 5.74) is 1.58. The Morgan fingerprint density at radius 3 is 2.47 bits per heavy atom. The van der Waals surface area contributed by atoms with Crippen LogP contribution in [0.5, 0.6) is 5.75 Å². The molecule has 7 nitrogen and oxygen atoms in total. The summed E-state index contributed by atoms with van der Waals surface area (Å²) in [6.07, 6.45) is 1.65. The van der Waals surface area contributed by atoms with E-state index in [1.54, 1.807) is 47.8 Å². The van der Waals surface area contributed by atoms with Gasteiger partial charge in [-0.25, -0.2) is 8.42 Å². The molecule has 5 rings (SSSR count). The number of hydrogen-bond acceptors (Lipinski definition) is 6. The van der Waals surface area contributed by atoms with Crippen LogP contribution < -0.4 is 9.64 Å². The largest absolute Gasteiger partial charge is 0.497 e. The number of ether oxygens (including phenoxy) is 1. The third kappa shape index (κ3) is 3.33. The zero-order valence-corrected chi connectivity index (χ0v) is 18.1. The maximum Gasteiger partial charge on any atom is 0.298 e. The molecular weight excluding hydrogens is 426 g/mol. The molecule has 0 atom stereocenters. The van der Waals surface area contributed by atoms with Crippen LogP contribution in [0.25, 0.3) is 11.1 Å². The van der Waals surface area contributed by atoms with Gasteiger partial charge in [0.25, 0.3) is 6.01 Å². The molecule has 0 radical (unpaired) electrons. The Morgan fingerprint density at radius 1 is 1.10 bits per heavy atom. The average Bonchev–Trinajstić information content (AvgIpc) is 3.14. The van der Waals surface area contributed by atoms with Crippen molar-refractivity contribution in [1.29, 1.82) is 0 Å². The standard InChI is InChI=1S/C21H22ClN3O4S/c1-28-16-3-5-17(6-4-16)30(26,27)25-10-8-21(9-11-25)13-24(14-21)20-23-18-7-2-15(22)12-19(18)29-20/h2-7,12H,8-11,13-14H2,1H3. The van der Waals surface area contributed by atoms with Gasteiger partial charge in [-0.1, -0.05) is 11.6 Å². The van der Waals surface area contributed by atoms with Crippen LogP contribution >= 0.6 is 11.6 Å². The minimum atomic E-state index is -3.49. The molecule has 2 fully saturated rings. The van der Waals surface area contributed by atoms with Gasteiger partial charge in [0.1, 0.15) is 11.3 Å². The number of fused-ring (bicyclic) bond motifs is 1. The van der Waals surface area contributed by atoms with Crippen LogP contribution in [-0.4, -0.2) is 51.0 Å². The van der Waals surface area contributed by atoms with E-state index in [1.165, 1.54) is 0 Å². The van der Waals surface area contributed by atoms with Crippen LogP contribution in [-0.2, 0) is 10.0 Å². The zero-order chi connectivity index (χ0) is 20.9. The maximum atomic E-state index is 13.0. The average molecular weight is 448 g/mol. The molecule has 0 saturated carbocycles. The van der Waals surface area contributed by atoms with E-state index in [4.69, 9.17) is 20.8 Å². The van der Waals surface area contributed by atoms with Gasteiger partial charge in [-0.2, -0.15) is 9.29 Å². The predicted molar refractivity (Wildman–Crippen MR) is 115 cm³/mol. The summed E-state index contributed by atoms with van der Waals surface area (Å²) in [7, 11) is -1.93. The summed E-state index contributed by atoms with van der Waals surface area (Å²) in [4.78, 5) is 6.96. The first kappa shape index (κ1) is 19.7. The van der Waals surface area contributed by atoms with Crippen molar-refractivity contribution in [2.75, 3.05) is 38.2 Å². The monoisotopic (exact) mass is 447 g/mol. The topological polar surface area (TPSA) is 75.9 Å². The molecule has 1 aromatic heterocycles. The predicted octanol–water partition coefficient (Wildman–Crippen LogP) is 3.78. The second-order valence-corrected chi connectivity index (χ2v) is 10.4. The van der Waals surface area contributed by atoms with E-state index in [9.17, 15) is 8.42 Å².